The van der Waals surface area contributed by atoms with Crippen molar-refractivity contribution in [1.82, 2.24) is 4.72 Å². The van der Waals surface area contributed by atoms with Crippen LogP contribution in [0.5, 0.6) is 0 Å². The number of rotatable bonds is 3. The van der Waals surface area contributed by atoms with E-state index < -0.39 is 10.0 Å². The van der Waals surface area contributed by atoms with E-state index in [1.54, 1.807) is 0 Å². The van der Waals surface area contributed by atoms with Gasteiger partial charge in [-0.2, -0.15) is 0 Å². The van der Waals surface area contributed by atoms with Gasteiger partial charge in [-0.25, -0.2) is 8.42 Å². The van der Waals surface area contributed by atoms with Crippen LogP contribution in [0.15, 0.2) is 18.2 Å². The number of benzene rings is 1. The third-order valence-electron chi connectivity index (χ3n) is 3.37. The van der Waals surface area contributed by atoms with Gasteiger partial charge in [-0.15, -0.1) is 0 Å². The molecule has 1 aliphatic carbocycles. The van der Waals surface area contributed by atoms with Crippen LogP contribution in [0.2, 0.25) is 0 Å². The van der Waals surface area contributed by atoms with E-state index in [0.717, 1.165) is 18.2 Å². The molecule has 98 valence electrons. The van der Waals surface area contributed by atoms with Gasteiger partial charge in [-0.05, 0) is 42.9 Å². The Morgan fingerprint density at radius 3 is 2.50 bits per heavy atom. The number of aryl methyl sites for hydroxylation is 2. The van der Waals surface area contributed by atoms with E-state index in [1.165, 1.54) is 11.1 Å². The normalized spacial score (nSPS) is 22.6. The maximum absolute atomic E-state index is 11.7. The largest absolute Gasteiger partial charge is 0.274 e. The standard InChI is InChI=1S/C13H17NO3S/c1-8-4-5-10(6-9(8)2)11-7-12(11)13(15)14-18(3,16)17/h4-6,11-12H,7H2,1-3H3,(H,14,15). The third kappa shape index (κ3) is 2.90. The Balaban J connectivity index is 2.07. The fraction of sp³-hybridized carbons (Fsp3) is 0.462. The number of hydrogen-bond donors (Lipinski definition) is 1. The molecule has 1 aromatic carbocycles. The molecule has 0 spiro atoms. The molecule has 0 aromatic heterocycles. The van der Waals surface area contributed by atoms with Gasteiger partial charge in [-0.3, -0.25) is 9.52 Å². The van der Waals surface area contributed by atoms with Gasteiger partial charge < -0.3 is 0 Å². The first-order valence-corrected chi connectivity index (χ1v) is 7.76. The van der Waals surface area contributed by atoms with E-state index in [2.05, 4.69) is 6.07 Å². The molecule has 0 aliphatic heterocycles. The molecule has 1 N–H and O–H groups in total. The fourth-order valence-electron chi connectivity index (χ4n) is 2.11. The van der Waals surface area contributed by atoms with E-state index in [1.807, 2.05) is 30.7 Å². The lowest BCUT2D eigenvalue weighted by Crippen LogP contribution is -2.30. The molecule has 1 aliphatic rings. The van der Waals surface area contributed by atoms with Gasteiger partial charge >= 0.3 is 0 Å². The quantitative estimate of drug-likeness (QED) is 0.902. The number of carbonyl (C=O) groups is 1. The lowest BCUT2D eigenvalue weighted by Gasteiger charge is -2.05. The average Bonchev–Trinajstić information content (AvgIpc) is 2.99. The molecular weight excluding hydrogens is 250 g/mol. The van der Waals surface area contributed by atoms with Crippen LogP contribution in [0.4, 0.5) is 0 Å². The SMILES string of the molecule is Cc1ccc(C2CC2C(=O)NS(C)(=O)=O)cc1C. The van der Waals surface area contributed by atoms with Crippen LogP contribution in [0.1, 0.15) is 29.0 Å². The number of carbonyl (C=O) groups excluding carboxylic acids is 1. The molecule has 1 aromatic rings. The molecule has 1 fully saturated rings. The van der Waals surface area contributed by atoms with Gasteiger partial charge in [0.15, 0.2) is 0 Å². The summed E-state index contributed by atoms with van der Waals surface area (Å²) < 4.78 is 24.0. The predicted octanol–water partition coefficient (Wildman–Crippen LogP) is 1.48. The Bertz CT molecular complexity index is 592. The minimum Gasteiger partial charge on any atom is -0.274 e. The molecule has 18 heavy (non-hydrogen) atoms. The fourth-order valence-corrected chi connectivity index (χ4v) is 2.62. The topological polar surface area (TPSA) is 63.2 Å². The first-order chi connectivity index (χ1) is 8.28. The van der Waals surface area contributed by atoms with E-state index in [-0.39, 0.29) is 17.7 Å². The zero-order valence-electron chi connectivity index (χ0n) is 10.7. The van der Waals surface area contributed by atoms with Crippen LogP contribution in [0.25, 0.3) is 0 Å². The summed E-state index contributed by atoms with van der Waals surface area (Å²) in [6.45, 7) is 4.08. The van der Waals surface area contributed by atoms with Crippen LogP contribution < -0.4 is 4.72 Å². The van der Waals surface area contributed by atoms with E-state index in [9.17, 15) is 13.2 Å². The van der Waals surface area contributed by atoms with Gasteiger partial charge in [0.2, 0.25) is 15.9 Å². The third-order valence-corrected chi connectivity index (χ3v) is 3.94. The Hall–Kier alpha value is -1.36. The lowest BCUT2D eigenvalue weighted by atomic mass is 10.0. The van der Waals surface area contributed by atoms with Crippen LogP contribution in [0.3, 0.4) is 0 Å². The van der Waals surface area contributed by atoms with Crippen LogP contribution >= 0.6 is 0 Å². The van der Waals surface area contributed by atoms with Crippen molar-refractivity contribution in [2.75, 3.05) is 6.26 Å². The molecule has 0 bridgehead atoms. The van der Waals surface area contributed by atoms with Crippen molar-refractivity contribution < 1.29 is 13.2 Å². The highest BCUT2D eigenvalue weighted by atomic mass is 32.2. The highest BCUT2D eigenvalue weighted by Gasteiger charge is 2.44. The number of nitrogens with one attached hydrogen (secondary N) is 1. The van der Waals surface area contributed by atoms with Crippen LogP contribution in [-0.4, -0.2) is 20.6 Å². The van der Waals surface area contributed by atoms with Crippen molar-refractivity contribution in [3.05, 3.63) is 34.9 Å². The van der Waals surface area contributed by atoms with E-state index in [0.29, 0.717) is 0 Å². The zero-order valence-corrected chi connectivity index (χ0v) is 11.5. The second kappa shape index (κ2) is 4.39. The van der Waals surface area contributed by atoms with Crippen molar-refractivity contribution in [3.8, 4) is 0 Å². The molecule has 0 heterocycles. The lowest BCUT2D eigenvalue weighted by molar-refractivity contribution is -0.120. The monoisotopic (exact) mass is 267 g/mol. The highest BCUT2D eigenvalue weighted by Crippen LogP contribution is 2.47. The van der Waals surface area contributed by atoms with Gasteiger partial charge in [0.05, 0.1) is 6.26 Å². The summed E-state index contributed by atoms with van der Waals surface area (Å²) in [7, 11) is -3.45. The van der Waals surface area contributed by atoms with Crippen molar-refractivity contribution in [3.63, 3.8) is 0 Å². The van der Waals surface area contributed by atoms with Crippen molar-refractivity contribution in [2.45, 2.75) is 26.2 Å². The molecule has 1 amide bonds. The minimum absolute atomic E-state index is 0.158. The summed E-state index contributed by atoms with van der Waals surface area (Å²) in [5.41, 5.74) is 3.53. The Kier molecular flexibility index (Phi) is 3.19. The molecule has 2 unspecified atom stereocenters. The van der Waals surface area contributed by atoms with E-state index in [4.69, 9.17) is 0 Å². The van der Waals surface area contributed by atoms with E-state index >= 15 is 0 Å². The summed E-state index contributed by atoms with van der Waals surface area (Å²) in [6.07, 6.45) is 1.72. The van der Waals surface area contributed by atoms with Gasteiger partial charge in [0, 0.05) is 5.92 Å². The molecule has 2 rings (SSSR count). The highest BCUT2D eigenvalue weighted by molar-refractivity contribution is 7.89. The smallest absolute Gasteiger partial charge is 0.237 e. The van der Waals surface area contributed by atoms with Gasteiger partial charge in [0.1, 0.15) is 0 Å². The summed E-state index contributed by atoms with van der Waals surface area (Å²) in [4.78, 5) is 11.7. The maximum Gasteiger partial charge on any atom is 0.237 e. The van der Waals surface area contributed by atoms with Crippen LogP contribution in [-0.2, 0) is 14.8 Å². The molecule has 1 saturated carbocycles. The van der Waals surface area contributed by atoms with Crippen molar-refractivity contribution in [1.29, 1.82) is 0 Å². The van der Waals surface area contributed by atoms with Gasteiger partial charge in [0.25, 0.3) is 0 Å². The second-order valence-electron chi connectivity index (χ2n) is 5.03. The number of amides is 1. The van der Waals surface area contributed by atoms with Crippen molar-refractivity contribution >= 4 is 15.9 Å². The first kappa shape index (κ1) is 13.1. The molecule has 0 saturated heterocycles. The van der Waals surface area contributed by atoms with Crippen molar-refractivity contribution in [2.24, 2.45) is 5.92 Å². The first-order valence-electron chi connectivity index (χ1n) is 5.87. The molecule has 2 atom stereocenters. The Morgan fingerprint density at radius 1 is 1.28 bits per heavy atom. The number of hydrogen-bond acceptors (Lipinski definition) is 3. The maximum atomic E-state index is 11.7. The Morgan fingerprint density at radius 2 is 1.94 bits per heavy atom. The summed E-state index contributed by atoms with van der Waals surface area (Å²) in [5, 5.41) is 0. The Labute approximate surface area is 107 Å². The summed E-state index contributed by atoms with van der Waals surface area (Å²) >= 11 is 0. The zero-order chi connectivity index (χ0) is 13.5. The second-order valence-corrected chi connectivity index (χ2v) is 6.78. The van der Waals surface area contributed by atoms with Crippen LogP contribution in [0, 0.1) is 19.8 Å². The molecule has 0 radical (unpaired) electrons. The molecule has 4 nitrogen and oxygen atoms in total. The summed E-state index contributed by atoms with van der Waals surface area (Å²) in [5.74, 6) is -0.436. The minimum atomic E-state index is -3.45. The molecular formula is C13H17NO3S. The number of sulfonamides is 1. The average molecular weight is 267 g/mol. The van der Waals surface area contributed by atoms with Gasteiger partial charge in [-0.1, -0.05) is 18.2 Å². The molecule has 5 heteroatoms. The predicted molar refractivity (Wildman–Crippen MR) is 69.8 cm³/mol. The summed E-state index contributed by atoms with van der Waals surface area (Å²) in [6, 6.07) is 6.13.